The van der Waals surface area contributed by atoms with E-state index in [-0.39, 0.29) is 5.56 Å². The largest absolute Gasteiger partial charge is 0.378 e. The molecule has 1 aromatic carbocycles. The van der Waals surface area contributed by atoms with Crippen LogP contribution in [0.25, 0.3) is 22.2 Å². The van der Waals surface area contributed by atoms with E-state index >= 15 is 0 Å². The molecule has 0 fully saturated rings. The van der Waals surface area contributed by atoms with Crippen LogP contribution in [0.15, 0.2) is 47.4 Å². The lowest BCUT2D eigenvalue weighted by molar-refractivity contribution is 1.13. The summed E-state index contributed by atoms with van der Waals surface area (Å²) in [6, 6.07) is 11.7. The van der Waals surface area contributed by atoms with Gasteiger partial charge in [-0.1, -0.05) is 12.1 Å². The van der Waals surface area contributed by atoms with Crippen molar-refractivity contribution in [2.24, 2.45) is 0 Å². The molecule has 0 radical (unpaired) electrons. The van der Waals surface area contributed by atoms with E-state index < -0.39 is 0 Å². The van der Waals surface area contributed by atoms with Crippen LogP contribution < -0.4 is 10.5 Å². The highest BCUT2D eigenvalue weighted by Gasteiger charge is 2.11. The summed E-state index contributed by atoms with van der Waals surface area (Å²) < 4.78 is 0.959. The molecule has 0 saturated carbocycles. The molecule has 0 atom stereocenters. The molecule has 0 bridgehead atoms. The summed E-state index contributed by atoms with van der Waals surface area (Å²) in [6.07, 6.45) is 1.71. The van der Waals surface area contributed by atoms with Crippen LogP contribution in [0.4, 0.5) is 5.69 Å². The van der Waals surface area contributed by atoms with Crippen molar-refractivity contribution >= 4 is 39.2 Å². The normalized spacial score (nSPS) is 10.8. The Bertz CT molecular complexity index is 854. The summed E-state index contributed by atoms with van der Waals surface area (Å²) in [6.45, 7) is 0. The van der Waals surface area contributed by atoms with Gasteiger partial charge in [0.15, 0.2) is 0 Å². The minimum atomic E-state index is -0.106. The predicted molar refractivity (Wildman–Crippen MR) is 94.8 cm³/mol. The third-order valence-corrected chi connectivity index (χ3v) is 4.44. The standard InChI is InChI=1S/C16H14IN3O/c1-20(2)11-7-5-10(6-8-11)14-13(17)15-12(16(21)19-14)4-3-9-18-15/h3-9H,1-2H3,(H,19,21). The lowest BCUT2D eigenvalue weighted by Crippen LogP contribution is -2.10. The van der Waals surface area contributed by atoms with E-state index in [1.54, 1.807) is 18.3 Å². The van der Waals surface area contributed by atoms with E-state index in [2.05, 4.69) is 32.6 Å². The molecule has 0 amide bonds. The van der Waals surface area contributed by atoms with Gasteiger partial charge in [0.1, 0.15) is 0 Å². The van der Waals surface area contributed by atoms with Crippen LogP contribution in [0.2, 0.25) is 0 Å². The molecule has 0 saturated heterocycles. The summed E-state index contributed by atoms with van der Waals surface area (Å²) in [5.74, 6) is 0. The number of fused-ring (bicyclic) bond motifs is 1. The number of pyridine rings is 2. The molecular formula is C16H14IN3O. The quantitative estimate of drug-likeness (QED) is 0.683. The number of hydrogen-bond acceptors (Lipinski definition) is 3. The molecule has 0 aliphatic rings. The topological polar surface area (TPSA) is 49.0 Å². The summed E-state index contributed by atoms with van der Waals surface area (Å²) in [5.41, 5.74) is 3.56. The summed E-state index contributed by atoms with van der Waals surface area (Å²) in [5, 5.41) is 0.621. The Hall–Kier alpha value is -1.89. The maximum atomic E-state index is 12.2. The van der Waals surface area contributed by atoms with Gasteiger partial charge in [-0.2, -0.15) is 0 Å². The minimum absolute atomic E-state index is 0.106. The van der Waals surface area contributed by atoms with Gasteiger partial charge in [0.05, 0.1) is 20.2 Å². The predicted octanol–water partition coefficient (Wildman–Crippen LogP) is 3.26. The Morgan fingerprint density at radius 3 is 2.52 bits per heavy atom. The van der Waals surface area contributed by atoms with E-state index in [0.717, 1.165) is 26.0 Å². The first-order valence-electron chi connectivity index (χ1n) is 6.52. The zero-order valence-electron chi connectivity index (χ0n) is 11.7. The highest BCUT2D eigenvalue weighted by molar-refractivity contribution is 14.1. The van der Waals surface area contributed by atoms with Crippen LogP contribution >= 0.6 is 22.6 Å². The number of nitrogens with one attached hydrogen (secondary N) is 1. The van der Waals surface area contributed by atoms with Crippen LogP contribution in [-0.2, 0) is 0 Å². The number of aromatic nitrogens is 2. The van der Waals surface area contributed by atoms with Crippen molar-refractivity contribution < 1.29 is 0 Å². The Kier molecular flexibility index (Phi) is 3.67. The SMILES string of the molecule is CN(C)c1ccc(-c2[nH]c(=O)c3cccnc3c2I)cc1. The molecule has 5 heteroatoms. The highest BCUT2D eigenvalue weighted by atomic mass is 127. The number of aromatic amines is 1. The molecule has 4 nitrogen and oxygen atoms in total. The van der Waals surface area contributed by atoms with Gasteiger partial charge in [0.2, 0.25) is 0 Å². The van der Waals surface area contributed by atoms with Crippen molar-refractivity contribution in [3.8, 4) is 11.3 Å². The summed E-state index contributed by atoms with van der Waals surface area (Å²) in [7, 11) is 4.00. The van der Waals surface area contributed by atoms with Gasteiger partial charge < -0.3 is 9.88 Å². The van der Waals surface area contributed by atoms with Gasteiger partial charge in [0.25, 0.3) is 5.56 Å². The molecule has 3 aromatic rings. The number of H-pyrrole nitrogens is 1. The second-order valence-electron chi connectivity index (χ2n) is 4.98. The Labute approximate surface area is 136 Å². The molecule has 1 N–H and O–H groups in total. The van der Waals surface area contributed by atoms with E-state index in [4.69, 9.17) is 0 Å². The summed E-state index contributed by atoms with van der Waals surface area (Å²) >= 11 is 2.24. The first-order chi connectivity index (χ1) is 10.1. The van der Waals surface area contributed by atoms with Crippen molar-refractivity contribution in [2.75, 3.05) is 19.0 Å². The highest BCUT2D eigenvalue weighted by Crippen LogP contribution is 2.27. The Balaban J connectivity index is 2.21. The van der Waals surface area contributed by atoms with Crippen molar-refractivity contribution in [1.29, 1.82) is 0 Å². The van der Waals surface area contributed by atoms with Crippen LogP contribution in [0.1, 0.15) is 0 Å². The fourth-order valence-corrected chi connectivity index (χ4v) is 3.12. The van der Waals surface area contributed by atoms with Crippen LogP contribution in [-0.4, -0.2) is 24.1 Å². The van der Waals surface area contributed by atoms with Crippen LogP contribution in [0.3, 0.4) is 0 Å². The molecular weight excluding hydrogens is 377 g/mol. The zero-order chi connectivity index (χ0) is 15.0. The molecule has 2 heterocycles. The summed E-state index contributed by atoms with van der Waals surface area (Å²) in [4.78, 5) is 21.5. The molecule has 0 aliphatic heterocycles. The van der Waals surface area contributed by atoms with E-state index in [0.29, 0.717) is 5.39 Å². The van der Waals surface area contributed by atoms with Crippen LogP contribution in [0.5, 0.6) is 0 Å². The number of benzene rings is 1. The fourth-order valence-electron chi connectivity index (χ4n) is 2.24. The van der Waals surface area contributed by atoms with Gasteiger partial charge in [-0.3, -0.25) is 9.78 Å². The van der Waals surface area contributed by atoms with Gasteiger partial charge in [-0.15, -0.1) is 0 Å². The molecule has 3 rings (SSSR count). The lowest BCUT2D eigenvalue weighted by atomic mass is 10.1. The maximum Gasteiger partial charge on any atom is 0.257 e. The molecule has 0 aliphatic carbocycles. The Morgan fingerprint density at radius 2 is 1.86 bits per heavy atom. The van der Waals surface area contributed by atoms with Crippen molar-refractivity contribution in [3.05, 3.63) is 56.5 Å². The maximum absolute atomic E-state index is 12.2. The average molecular weight is 391 g/mol. The molecule has 21 heavy (non-hydrogen) atoms. The molecule has 0 spiro atoms. The second-order valence-corrected chi connectivity index (χ2v) is 6.06. The number of nitrogens with zero attached hydrogens (tertiary/aromatic N) is 2. The van der Waals surface area contributed by atoms with Gasteiger partial charge >= 0.3 is 0 Å². The van der Waals surface area contributed by atoms with Crippen LogP contribution in [0, 0.1) is 3.57 Å². The van der Waals surface area contributed by atoms with E-state index in [1.807, 2.05) is 43.3 Å². The van der Waals surface area contributed by atoms with Crippen molar-refractivity contribution in [3.63, 3.8) is 0 Å². The average Bonchev–Trinajstić information content (AvgIpc) is 2.51. The molecule has 0 unspecified atom stereocenters. The number of anilines is 1. The molecule has 2 aromatic heterocycles. The smallest absolute Gasteiger partial charge is 0.257 e. The third kappa shape index (κ3) is 2.53. The first-order valence-corrected chi connectivity index (χ1v) is 7.60. The minimum Gasteiger partial charge on any atom is -0.378 e. The van der Waals surface area contributed by atoms with Gasteiger partial charge in [-0.25, -0.2) is 0 Å². The Morgan fingerprint density at radius 1 is 1.14 bits per heavy atom. The van der Waals surface area contributed by atoms with Crippen molar-refractivity contribution in [2.45, 2.75) is 0 Å². The lowest BCUT2D eigenvalue weighted by Gasteiger charge is -2.13. The zero-order valence-corrected chi connectivity index (χ0v) is 13.9. The third-order valence-electron chi connectivity index (χ3n) is 3.39. The number of rotatable bonds is 2. The van der Waals surface area contributed by atoms with E-state index in [1.165, 1.54) is 0 Å². The number of halogens is 1. The number of hydrogen-bond donors (Lipinski definition) is 1. The first kappa shape index (κ1) is 14.1. The van der Waals surface area contributed by atoms with Gasteiger partial charge in [0, 0.05) is 26.0 Å². The fraction of sp³-hybridized carbons (Fsp3) is 0.125. The monoisotopic (exact) mass is 391 g/mol. The van der Waals surface area contributed by atoms with E-state index in [9.17, 15) is 4.79 Å². The van der Waals surface area contributed by atoms with Crippen molar-refractivity contribution in [1.82, 2.24) is 9.97 Å². The second kappa shape index (κ2) is 5.48. The van der Waals surface area contributed by atoms with Gasteiger partial charge in [-0.05, 0) is 52.4 Å². The molecule has 106 valence electrons.